The maximum atomic E-state index is 10.9. The molecule has 0 unspecified atom stereocenters. The lowest BCUT2D eigenvalue weighted by Crippen LogP contribution is -2.38. The first-order chi connectivity index (χ1) is 8.49. The maximum absolute atomic E-state index is 10.9. The molecule has 5 atom stereocenters. The van der Waals surface area contributed by atoms with Crippen molar-refractivity contribution in [3.05, 3.63) is 23.7 Å². The van der Waals surface area contributed by atoms with Crippen molar-refractivity contribution < 1.29 is 14.3 Å². The molecule has 3 nitrogen and oxygen atoms in total. The van der Waals surface area contributed by atoms with Crippen LogP contribution < -0.4 is 0 Å². The molecule has 0 radical (unpaired) electrons. The van der Waals surface area contributed by atoms with Crippen molar-refractivity contribution in [1.82, 2.24) is 0 Å². The molecule has 98 valence electrons. The third-order valence-electron chi connectivity index (χ3n) is 5.39. The van der Waals surface area contributed by atoms with Gasteiger partial charge in [-0.3, -0.25) is 0 Å². The third-order valence-corrected chi connectivity index (χ3v) is 5.39. The van der Waals surface area contributed by atoms with E-state index in [9.17, 15) is 5.11 Å². The summed E-state index contributed by atoms with van der Waals surface area (Å²) in [5.41, 5.74) is 1.93. The summed E-state index contributed by atoms with van der Waals surface area (Å²) in [5, 5.41) is 10.9. The second kappa shape index (κ2) is 3.20. The summed E-state index contributed by atoms with van der Waals surface area (Å²) in [6.45, 7) is 5.09. The summed E-state index contributed by atoms with van der Waals surface area (Å²) in [7, 11) is 0. The number of fused-ring (bicyclic) bond motifs is 3. The Morgan fingerprint density at radius 2 is 2.11 bits per heavy atom. The lowest BCUT2D eigenvalue weighted by Gasteiger charge is -2.35. The molecule has 3 aliphatic rings. The van der Waals surface area contributed by atoms with Crippen LogP contribution in [0.2, 0.25) is 0 Å². The SMILES string of the molecule is C[C@@]12CO[C@@H]3c4cocc4C[C@](C)(O)[C@@H](C1)[C@H]3C2. The normalized spacial score (nSPS) is 49.8. The number of furan rings is 1. The van der Waals surface area contributed by atoms with E-state index >= 15 is 0 Å². The monoisotopic (exact) mass is 248 g/mol. The highest BCUT2D eigenvalue weighted by Crippen LogP contribution is 2.60. The Morgan fingerprint density at radius 1 is 1.28 bits per heavy atom. The third kappa shape index (κ3) is 1.32. The minimum atomic E-state index is -0.635. The molecular weight excluding hydrogens is 228 g/mol. The minimum absolute atomic E-state index is 0.133. The van der Waals surface area contributed by atoms with E-state index in [-0.39, 0.29) is 11.5 Å². The Bertz CT molecular complexity index is 490. The fourth-order valence-corrected chi connectivity index (χ4v) is 4.57. The summed E-state index contributed by atoms with van der Waals surface area (Å²) in [4.78, 5) is 0. The molecule has 1 aromatic heterocycles. The number of ether oxygens (including phenoxy) is 1. The zero-order chi connectivity index (χ0) is 12.5. The van der Waals surface area contributed by atoms with Crippen LogP contribution in [0, 0.1) is 17.3 Å². The second-order valence-electron chi connectivity index (χ2n) is 7.11. The van der Waals surface area contributed by atoms with Gasteiger partial charge in [-0.15, -0.1) is 0 Å². The van der Waals surface area contributed by atoms with E-state index in [2.05, 4.69) is 6.92 Å². The number of aliphatic hydroxyl groups is 1. The Hall–Kier alpha value is -0.800. The zero-order valence-electron chi connectivity index (χ0n) is 11.0. The average Bonchev–Trinajstić information content (AvgIpc) is 2.81. The van der Waals surface area contributed by atoms with Crippen molar-refractivity contribution in [2.24, 2.45) is 17.3 Å². The van der Waals surface area contributed by atoms with Gasteiger partial charge in [-0.1, -0.05) is 6.92 Å². The predicted molar refractivity (Wildman–Crippen MR) is 66.0 cm³/mol. The molecule has 2 fully saturated rings. The van der Waals surface area contributed by atoms with Crippen LogP contribution in [0.25, 0.3) is 0 Å². The van der Waals surface area contributed by atoms with Crippen LogP contribution in [-0.4, -0.2) is 17.3 Å². The Morgan fingerprint density at radius 3 is 2.94 bits per heavy atom. The van der Waals surface area contributed by atoms with Gasteiger partial charge in [0.25, 0.3) is 0 Å². The molecule has 1 saturated heterocycles. The van der Waals surface area contributed by atoms with Crippen LogP contribution in [0.1, 0.15) is 43.9 Å². The first-order valence-corrected chi connectivity index (χ1v) is 6.88. The van der Waals surface area contributed by atoms with Gasteiger partial charge in [0.1, 0.15) is 0 Å². The Labute approximate surface area is 107 Å². The maximum Gasteiger partial charge on any atom is 0.0963 e. The van der Waals surface area contributed by atoms with Crippen molar-refractivity contribution in [2.45, 2.75) is 44.8 Å². The van der Waals surface area contributed by atoms with Crippen LogP contribution in [0.3, 0.4) is 0 Å². The zero-order valence-corrected chi connectivity index (χ0v) is 11.0. The van der Waals surface area contributed by atoms with E-state index in [0.29, 0.717) is 18.3 Å². The summed E-state index contributed by atoms with van der Waals surface area (Å²) in [6, 6.07) is 0. The van der Waals surface area contributed by atoms with Gasteiger partial charge in [-0.2, -0.15) is 0 Å². The largest absolute Gasteiger partial charge is 0.472 e. The van der Waals surface area contributed by atoms with E-state index in [1.54, 1.807) is 6.26 Å². The first-order valence-electron chi connectivity index (χ1n) is 6.88. The van der Waals surface area contributed by atoms with Gasteiger partial charge in [0.2, 0.25) is 0 Å². The topological polar surface area (TPSA) is 42.6 Å². The molecule has 1 aromatic rings. The molecule has 2 heterocycles. The fraction of sp³-hybridized carbons (Fsp3) is 0.733. The Balaban J connectivity index is 1.86. The highest BCUT2D eigenvalue weighted by molar-refractivity contribution is 5.30. The summed E-state index contributed by atoms with van der Waals surface area (Å²) < 4.78 is 11.5. The quantitative estimate of drug-likeness (QED) is 0.767. The van der Waals surface area contributed by atoms with Crippen LogP contribution in [0.4, 0.5) is 0 Å². The highest BCUT2D eigenvalue weighted by atomic mass is 16.5. The molecule has 0 amide bonds. The van der Waals surface area contributed by atoms with Gasteiger partial charge in [0.05, 0.1) is 30.8 Å². The van der Waals surface area contributed by atoms with Gasteiger partial charge in [0, 0.05) is 12.0 Å². The fourth-order valence-electron chi connectivity index (χ4n) is 4.57. The van der Waals surface area contributed by atoms with Crippen molar-refractivity contribution in [1.29, 1.82) is 0 Å². The smallest absolute Gasteiger partial charge is 0.0963 e. The van der Waals surface area contributed by atoms with Crippen LogP contribution >= 0.6 is 0 Å². The molecule has 4 rings (SSSR count). The molecule has 1 saturated carbocycles. The average molecular weight is 248 g/mol. The number of hydrogen-bond acceptors (Lipinski definition) is 3. The lowest BCUT2D eigenvalue weighted by molar-refractivity contribution is -0.0804. The van der Waals surface area contributed by atoms with E-state index in [4.69, 9.17) is 9.15 Å². The van der Waals surface area contributed by atoms with E-state index in [1.807, 2.05) is 13.2 Å². The number of rotatable bonds is 0. The number of hydrogen-bond donors (Lipinski definition) is 1. The molecule has 2 aliphatic carbocycles. The van der Waals surface area contributed by atoms with Crippen LogP contribution in [0.5, 0.6) is 0 Å². The standard InChI is InChI=1S/C15H20O3/c1-14-4-10-12(5-14)15(2,16)3-9-6-17-7-11(9)13(10)18-8-14/h6-7,10,12-13,16H,3-5,8H2,1-2H3/t10-,12+,13+,14+,15+/m1/s1. The van der Waals surface area contributed by atoms with Crippen molar-refractivity contribution in [3.8, 4) is 0 Å². The minimum Gasteiger partial charge on any atom is -0.472 e. The molecule has 0 spiro atoms. The second-order valence-corrected chi connectivity index (χ2v) is 7.11. The highest BCUT2D eigenvalue weighted by Gasteiger charge is 2.57. The van der Waals surface area contributed by atoms with E-state index < -0.39 is 5.60 Å². The van der Waals surface area contributed by atoms with Crippen molar-refractivity contribution >= 4 is 0 Å². The van der Waals surface area contributed by atoms with Crippen LogP contribution in [-0.2, 0) is 11.2 Å². The van der Waals surface area contributed by atoms with Crippen molar-refractivity contribution in [2.75, 3.05) is 6.61 Å². The van der Waals surface area contributed by atoms with Gasteiger partial charge in [-0.25, -0.2) is 0 Å². The summed E-state index contributed by atoms with van der Waals surface area (Å²) in [6.07, 6.45) is 6.68. The van der Waals surface area contributed by atoms with Gasteiger partial charge < -0.3 is 14.3 Å². The first kappa shape index (κ1) is 11.1. The Kier molecular flexibility index (Phi) is 1.97. The van der Waals surface area contributed by atoms with Crippen LogP contribution in [0.15, 0.2) is 16.9 Å². The molecule has 0 aromatic carbocycles. The van der Waals surface area contributed by atoms with Gasteiger partial charge in [0.15, 0.2) is 0 Å². The lowest BCUT2D eigenvalue weighted by atomic mass is 9.79. The predicted octanol–water partition coefficient (Wildman–Crippen LogP) is 2.69. The molecule has 3 heteroatoms. The molecular formula is C15H20O3. The summed E-state index contributed by atoms with van der Waals surface area (Å²) >= 11 is 0. The van der Waals surface area contributed by atoms with Crippen molar-refractivity contribution in [3.63, 3.8) is 0 Å². The molecule has 1 N–H and O–H groups in total. The summed E-state index contributed by atoms with van der Waals surface area (Å²) in [5.74, 6) is 0.792. The van der Waals surface area contributed by atoms with E-state index in [1.165, 1.54) is 12.0 Å². The van der Waals surface area contributed by atoms with Gasteiger partial charge >= 0.3 is 0 Å². The molecule has 2 bridgehead atoms. The molecule has 1 aliphatic heterocycles. The van der Waals surface area contributed by atoms with E-state index in [0.717, 1.165) is 18.6 Å². The molecule has 18 heavy (non-hydrogen) atoms. The van der Waals surface area contributed by atoms with Gasteiger partial charge in [-0.05, 0) is 42.6 Å².